The van der Waals surface area contributed by atoms with Crippen LogP contribution in [0.4, 0.5) is 0 Å². The second kappa shape index (κ2) is 7.08. The van der Waals surface area contributed by atoms with Crippen LogP contribution in [0.15, 0.2) is 24.3 Å². The van der Waals surface area contributed by atoms with Gasteiger partial charge in [-0.05, 0) is 12.0 Å². The van der Waals surface area contributed by atoms with Gasteiger partial charge >= 0.3 is 0 Å². The first-order valence-corrected chi connectivity index (χ1v) is 9.75. The molecule has 0 aromatic heterocycles. The third-order valence-electron chi connectivity index (χ3n) is 4.53. The van der Waals surface area contributed by atoms with Crippen LogP contribution in [-0.2, 0) is 16.3 Å². The van der Waals surface area contributed by atoms with Crippen LogP contribution in [0.25, 0.3) is 0 Å². The Labute approximate surface area is 133 Å². The second-order valence-corrected chi connectivity index (χ2v) is 8.66. The largest absolute Gasteiger partial charge is 0.386 e. The highest BCUT2D eigenvalue weighted by atomic mass is 32.2. The molecule has 22 heavy (non-hydrogen) atoms. The number of aryl methyl sites for hydroxylation is 1. The molecule has 1 saturated heterocycles. The van der Waals surface area contributed by atoms with Gasteiger partial charge in [-0.1, -0.05) is 31.2 Å². The van der Waals surface area contributed by atoms with E-state index in [1.807, 2.05) is 5.32 Å². The molecular weight excluding hydrogens is 300 g/mol. The molecule has 0 saturated carbocycles. The lowest BCUT2D eigenvalue weighted by molar-refractivity contribution is -0.911. The van der Waals surface area contributed by atoms with Gasteiger partial charge in [-0.2, -0.15) is 0 Å². The average molecular weight is 328 g/mol. The summed E-state index contributed by atoms with van der Waals surface area (Å²) in [6.07, 6.45) is 0.281. The summed E-state index contributed by atoms with van der Waals surface area (Å²) in [5.74, 6) is -0.0166. The maximum atomic E-state index is 11.6. The van der Waals surface area contributed by atoms with E-state index >= 15 is 0 Å². The standard InChI is InChI=1S/C16H26N2O3S/c1-4-12-5-7-13(8-6-12)15(18(2)3)9-17-14-10-22(20,21)11-16(14)19/h5-8,14-17,19H,4,9-11H2,1-3H3/p+2/t14-,15-,16-/m0/s1. The van der Waals surface area contributed by atoms with E-state index in [1.165, 1.54) is 16.0 Å². The van der Waals surface area contributed by atoms with Crippen LogP contribution in [0, 0.1) is 0 Å². The van der Waals surface area contributed by atoms with Crippen molar-refractivity contribution in [3.8, 4) is 0 Å². The molecule has 1 aromatic carbocycles. The van der Waals surface area contributed by atoms with E-state index in [-0.39, 0.29) is 23.6 Å². The highest BCUT2D eigenvalue weighted by Crippen LogP contribution is 2.12. The summed E-state index contributed by atoms with van der Waals surface area (Å²) in [6.45, 7) is 2.91. The zero-order chi connectivity index (χ0) is 16.3. The fourth-order valence-corrected chi connectivity index (χ4v) is 4.93. The Balaban J connectivity index is 2.03. The molecule has 0 unspecified atom stereocenters. The van der Waals surface area contributed by atoms with Crippen molar-refractivity contribution in [2.75, 3.05) is 32.1 Å². The number of rotatable bonds is 6. The smallest absolute Gasteiger partial charge is 0.162 e. The Kier molecular flexibility index (Phi) is 5.60. The summed E-state index contributed by atoms with van der Waals surface area (Å²) in [4.78, 5) is 1.30. The highest BCUT2D eigenvalue weighted by molar-refractivity contribution is 7.91. The number of aliphatic hydroxyl groups excluding tert-OH is 1. The molecule has 124 valence electrons. The first kappa shape index (κ1) is 17.4. The first-order chi connectivity index (χ1) is 10.3. The minimum absolute atomic E-state index is 0.0818. The van der Waals surface area contributed by atoms with E-state index in [0.29, 0.717) is 0 Å². The van der Waals surface area contributed by atoms with E-state index < -0.39 is 15.9 Å². The number of benzene rings is 1. The van der Waals surface area contributed by atoms with Gasteiger partial charge in [-0.25, -0.2) is 8.42 Å². The van der Waals surface area contributed by atoms with Crippen molar-refractivity contribution >= 4 is 9.84 Å². The molecule has 1 fully saturated rings. The molecule has 0 spiro atoms. The Morgan fingerprint density at radius 2 is 1.91 bits per heavy atom. The number of aliphatic hydroxyl groups is 1. The van der Waals surface area contributed by atoms with Crippen LogP contribution < -0.4 is 10.2 Å². The van der Waals surface area contributed by atoms with E-state index in [2.05, 4.69) is 45.3 Å². The zero-order valence-electron chi connectivity index (χ0n) is 13.6. The van der Waals surface area contributed by atoms with Crippen LogP contribution in [0.1, 0.15) is 24.1 Å². The Morgan fingerprint density at radius 1 is 1.27 bits per heavy atom. The van der Waals surface area contributed by atoms with Crippen LogP contribution in [0.5, 0.6) is 0 Å². The molecule has 6 heteroatoms. The number of likely N-dealkylation sites (N-methyl/N-ethyl adjacent to an activating group) is 1. The van der Waals surface area contributed by atoms with Gasteiger partial charge < -0.3 is 15.3 Å². The summed E-state index contributed by atoms with van der Waals surface area (Å²) < 4.78 is 23.2. The Bertz CT molecular complexity index is 584. The van der Waals surface area contributed by atoms with Crippen LogP contribution in [0.2, 0.25) is 0 Å². The molecular formula is C16H28N2O3S+2. The molecule has 1 heterocycles. The molecule has 0 bridgehead atoms. The SMILES string of the molecule is CCc1ccc([C@H](C[NH2+][C@H]2CS(=O)(=O)C[C@@H]2O)[NH+](C)C)cc1. The maximum Gasteiger partial charge on any atom is 0.162 e. The minimum atomic E-state index is -3.07. The fraction of sp³-hybridized carbons (Fsp3) is 0.625. The molecule has 0 amide bonds. The van der Waals surface area contributed by atoms with Gasteiger partial charge in [0, 0.05) is 5.56 Å². The van der Waals surface area contributed by atoms with Gasteiger partial charge in [0.2, 0.25) is 0 Å². The summed E-state index contributed by atoms with van der Waals surface area (Å²) in [5, 5.41) is 11.9. The van der Waals surface area contributed by atoms with Crippen molar-refractivity contribution in [1.29, 1.82) is 0 Å². The summed E-state index contributed by atoms with van der Waals surface area (Å²) in [7, 11) is 1.14. The molecule has 2 rings (SSSR count). The molecule has 1 aliphatic heterocycles. The summed E-state index contributed by atoms with van der Waals surface area (Å²) in [6, 6.07) is 8.67. The van der Waals surface area contributed by atoms with Crippen molar-refractivity contribution in [1.82, 2.24) is 0 Å². The first-order valence-electron chi connectivity index (χ1n) is 7.93. The predicted molar refractivity (Wildman–Crippen MR) is 86.6 cm³/mol. The van der Waals surface area contributed by atoms with Gasteiger partial charge in [0.15, 0.2) is 15.9 Å². The van der Waals surface area contributed by atoms with Crippen LogP contribution >= 0.6 is 0 Å². The highest BCUT2D eigenvalue weighted by Gasteiger charge is 2.39. The van der Waals surface area contributed by atoms with Crippen molar-refractivity contribution in [3.05, 3.63) is 35.4 Å². The quantitative estimate of drug-likeness (QED) is 0.574. The number of quaternary nitrogens is 2. The zero-order valence-corrected chi connectivity index (χ0v) is 14.4. The fourth-order valence-electron chi connectivity index (χ4n) is 3.08. The predicted octanol–water partition coefficient (Wildman–Crippen LogP) is -1.84. The van der Waals surface area contributed by atoms with Crippen LogP contribution in [0.3, 0.4) is 0 Å². The van der Waals surface area contributed by atoms with E-state index in [0.717, 1.165) is 13.0 Å². The monoisotopic (exact) mass is 328 g/mol. The average Bonchev–Trinajstić information content (AvgIpc) is 2.72. The topological polar surface area (TPSA) is 75.4 Å². The van der Waals surface area contributed by atoms with Gasteiger partial charge in [0.25, 0.3) is 0 Å². The molecule has 5 nitrogen and oxygen atoms in total. The van der Waals surface area contributed by atoms with Crippen LogP contribution in [-0.4, -0.2) is 57.8 Å². The third-order valence-corrected chi connectivity index (χ3v) is 6.27. The lowest BCUT2D eigenvalue weighted by Crippen LogP contribution is -3.10. The maximum absolute atomic E-state index is 11.6. The van der Waals surface area contributed by atoms with E-state index in [1.54, 1.807) is 0 Å². The van der Waals surface area contributed by atoms with Crippen molar-refractivity contribution in [2.45, 2.75) is 31.5 Å². The van der Waals surface area contributed by atoms with Crippen molar-refractivity contribution in [3.63, 3.8) is 0 Å². The number of nitrogens with two attached hydrogens (primary N) is 1. The number of sulfone groups is 1. The Morgan fingerprint density at radius 3 is 2.36 bits per heavy atom. The van der Waals surface area contributed by atoms with Crippen molar-refractivity contribution in [2.24, 2.45) is 0 Å². The number of hydrogen-bond donors (Lipinski definition) is 3. The summed E-state index contributed by atoms with van der Waals surface area (Å²) >= 11 is 0. The molecule has 3 atom stereocenters. The molecule has 0 radical (unpaired) electrons. The van der Waals surface area contributed by atoms with Crippen molar-refractivity contribution < 1.29 is 23.7 Å². The van der Waals surface area contributed by atoms with E-state index in [4.69, 9.17) is 0 Å². The van der Waals surface area contributed by atoms with Gasteiger partial charge in [0.1, 0.15) is 24.4 Å². The molecule has 1 aliphatic rings. The Hall–Kier alpha value is -0.950. The van der Waals surface area contributed by atoms with Gasteiger partial charge in [-0.15, -0.1) is 0 Å². The van der Waals surface area contributed by atoms with Gasteiger partial charge in [-0.3, -0.25) is 0 Å². The summed E-state index contributed by atoms with van der Waals surface area (Å²) in [5.41, 5.74) is 2.57. The van der Waals surface area contributed by atoms with E-state index in [9.17, 15) is 13.5 Å². The third kappa shape index (κ3) is 4.29. The molecule has 0 aliphatic carbocycles. The number of hydrogen-bond acceptors (Lipinski definition) is 3. The molecule has 1 aromatic rings. The normalized spacial score (nSPS) is 25.5. The minimum Gasteiger partial charge on any atom is -0.386 e. The lowest BCUT2D eigenvalue weighted by Gasteiger charge is -2.22. The molecule has 4 N–H and O–H groups in total. The van der Waals surface area contributed by atoms with Gasteiger partial charge in [0.05, 0.1) is 19.8 Å². The lowest BCUT2D eigenvalue weighted by atomic mass is 10.0. The number of nitrogens with one attached hydrogen (secondary N) is 1. The second-order valence-electron chi connectivity index (χ2n) is 6.50.